The topological polar surface area (TPSA) is 68.9 Å². The zero-order valence-corrected chi connectivity index (χ0v) is 13.8. The molecule has 0 aromatic heterocycles. The third-order valence-corrected chi connectivity index (χ3v) is 3.22. The maximum atomic E-state index is 12.9. The van der Waals surface area contributed by atoms with Gasteiger partial charge in [0.2, 0.25) is 0 Å². The Kier molecular flexibility index (Phi) is 6.57. The van der Waals surface area contributed by atoms with Crippen molar-refractivity contribution in [1.82, 2.24) is 5.32 Å². The number of nitrogens with zero attached hydrogens (tertiary/aromatic N) is 1. The standard InChI is InChI=1S/C18H22FN3O2/c1-13(12-23-2)22-18(20)21-11-14-3-7-16(8-4-14)24-17-9-5-15(19)6-10-17/h3-10,13H,11-12H2,1-2H3,(H3,20,21,22). The molecule has 0 aliphatic rings. The molecule has 24 heavy (non-hydrogen) atoms. The summed E-state index contributed by atoms with van der Waals surface area (Å²) < 4.78 is 23.5. The fraction of sp³-hybridized carbons (Fsp3) is 0.278. The fourth-order valence-corrected chi connectivity index (χ4v) is 2.07. The van der Waals surface area contributed by atoms with Crippen LogP contribution in [0.15, 0.2) is 53.5 Å². The lowest BCUT2D eigenvalue weighted by Crippen LogP contribution is -2.40. The first-order valence-corrected chi connectivity index (χ1v) is 7.64. The summed E-state index contributed by atoms with van der Waals surface area (Å²) in [6.07, 6.45) is 0. The van der Waals surface area contributed by atoms with E-state index in [1.54, 1.807) is 19.2 Å². The minimum absolute atomic E-state index is 0.102. The van der Waals surface area contributed by atoms with Crippen LogP contribution in [0.1, 0.15) is 12.5 Å². The molecule has 2 aromatic carbocycles. The summed E-state index contributed by atoms with van der Waals surface area (Å²) in [4.78, 5) is 4.29. The molecule has 1 unspecified atom stereocenters. The molecule has 128 valence electrons. The minimum atomic E-state index is -0.290. The number of benzene rings is 2. The van der Waals surface area contributed by atoms with Crippen molar-refractivity contribution in [1.29, 1.82) is 0 Å². The van der Waals surface area contributed by atoms with Gasteiger partial charge < -0.3 is 20.5 Å². The molecular formula is C18H22FN3O2. The first kappa shape index (κ1) is 17.7. The highest BCUT2D eigenvalue weighted by molar-refractivity contribution is 5.78. The smallest absolute Gasteiger partial charge is 0.189 e. The van der Waals surface area contributed by atoms with Gasteiger partial charge in [0.25, 0.3) is 0 Å². The molecule has 0 heterocycles. The third kappa shape index (κ3) is 5.89. The number of rotatable bonds is 7. The van der Waals surface area contributed by atoms with Crippen molar-refractivity contribution in [2.75, 3.05) is 13.7 Å². The van der Waals surface area contributed by atoms with Crippen LogP contribution in [0.2, 0.25) is 0 Å². The average Bonchev–Trinajstić information content (AvgIpc) is 2.56. The maximum Gasteiger partial charge on any atom is 0.189 e. The largest absolute Gasteiger partial charge is 0.457 e. The Bertz CT molecular complexity index is 657. The summed E-state index contributed by atoms with van der Waals surface area (Å²) in [7, 11) is 1.64. The van der Waals surface area contributed by atoms with Crippen molar-refractivity contribution in [2.24, 2.45) is 10.7 Å². The van der Waals surface area contributed by atoms with Gasteiger partial charge >= 0.3 is 0 Å². The van der Waals surface area contributed by atoms with Crippen LogP contribution in [-0.4, -0.2) is 25.7 Å². The summed E-state index contributed by atoms with van der Waals surface area (Å²) in [5.74, 6) is 1.35. The Hall–Kier alpha value is -2.60. The van der Waals surface area contributed by atoms with E-state index in [2.05, 4.69) is 10.3 Å². The van der Waals surface area contributed by atoms with Crippen LogP contribution < -0.4 is 15.8 Å². The van der Waals surface area contributed by atoms with Crippen molar-refractivity contribution in [3.63, 3.8) is 0 Å². The highest BCUT2D eigenvalue weighted by atomic mass is 19.1. The SMILES string of the molecule is COCC(C)NC(N)=NCc1ccc(Oc2ccc(F)cc2)cc1. The van der Waals surface area contributed by atoms with Gasteiger partial charge in [-0.25, -0.2) is 9.38 Å². The summed E-state index contributed by atoms with van der Waals surface area (Å²) in [6, 6.07) is 13.5. The van der Waals surface area contributed by atoms with E-state index in [4.69, 9.17) is 15.2 Å². The molecule has 5 nitrogen and oxygen atoms in total. The van der Waals surface area contributed by atoms with Crippen LogP contribution >= 0.6 is 0 Å². The minimum Gasteiger partial charge on any atom is -0.457 e. The maximum absolute atomic E-state index is 12.9. The molecule has 2 aromatic rings. The molecule has 0 bridgehead atoms. The van der Waals surface area contributed by atoms with Crippen LogP contribution in [-0.2, 0) is 11.3 Å². The number of hydrogen-bond donors (Lipinski definition) is 2. The van der Waals surface area contributed by atoms with Crippen LogP contribution in [0.5, 0.6) is 11.5 Å². The predicted octanol–water partition coefficient (Wildman–Crippen LogP) is 3.06. The number of halogens is 1. The summed E-state index contributed by atoms with van der Waals surface area (Å²) >= 11 is 0. The Morgan fingerprint density at radius 1 is 1.12 bits per heavy atom. The quantitative estimate of drug-likeness (QED) is 0.604. The van der Waals surface area contributed by atoms with Crippen molar-refractivity contribution in [3.8, 4) is 11.5 Å². The Labute approximate surface area is 141 Å². The molecule has 3 N–H and O–H groups in total. The highest BCUT2D eigenvalue weighted by Crippen LogP contribution is 2.22. The Morgan fingerprint density at radius 2 is 1.71 bits per heavy atom. The van der Waals surface area contributed by atoms with E-state index in [1.807, 2.05) is 31.2 Å². The van der Waals surface area contributed by atoms with E-state index in [0.717, 1.165) is 5.56 Å². The van der Waals surface area contributed by atoms with Gasteiger partial charge in [0.1, 0.15) is 17.3 Å². The highest BCUT2D eigenvalue weighted by Gasteiger charge is 2.02. The van der Waals surface area contributed by atoms with Crippen molar-refractivity contribution in [3.05, 3.63) is 59.9 Å². The molecule has 0 fully saturated rings. The van der Waals surface area contributed by atoms with Crippen molar-refractivity contribution in [2.45, 2.75) is 19.5 Å². The van der Waals surface area contributed by atoms with E-state index < -0.39 is 0 Å². The molecule has 1 atom stereocenters. The molecule has 0 radical (unpaired) electrons. The normalized spacial score (nSPS) is 12.7. The van der Waals surface area contributed by atoms with Crippen molar-refractivity contribution >= 4 is 5.96 Å². The molecular weight excluding hydrogens is 309 g/mol. The molecule has 0 aliphatic heterocycles. The molecule has 0 spiro atoms. The van der Waals surface area contributed by atoms with Crippen LogP contribution in [0.3, 0.4) is 0 Å². The fourth-order valence-electron chi connectivity index (χ4n) is 2.07. The summed E-state index contributed by atoms with van der Waals surface area (Å²) in [6.45, 7) is 2.99. The van der Waals surface area contributed by atoms with Gasteiger partial charge in [-0.05, 0) is 48.9 Å². The zero-order chi connectivity index (χ0) is 17.4. The van der Waals surface area contributed by atoms with Crippen LogP contribution in [0.25, 0.3) is 0 Å². The van der Waals surface area contributed by atoms with E-state index in [-0.39, 0.29) is 11.9 Å². The average molecular weight is 331 g/mol. The Morgan fingerprint density at radius 3 is 2.29 bits per heavy atom. The van der Waals surface area contributed by atoms with Crippen molar-refractivity contribution < 1.29 is 13.9 Å². The lowest BCUT2D eigenvalue weighted by atomic mass is 10.2. The number of aliphatic imine (C=N–C) groups is 1. The van der Waals surface area contributed by atoms with Gasteiger partial charge in [-0.1, -0.05) is 12.1 Å². The number of nitrogens with two attached hydrogens (primary N) is 1. The van der Waals surface area contributed by atoms with Gasteiger partial charge in [-0.3, -0.25) is 0 Å². The van der Waals surface area contributed by atoms with Gasteiger partial charge in [0, 0.05) is 13.2 Å². The van der Waals surface area contributed by atoms with Crippen LogP contribution in [0, 0.1) is 5.82 Å². The first-order valence-electron chi connectivity index (χ1n) is 7.64. The van der Waals surface area contributed by atoms with Gasteiger partial charge in [-0.2, -0.15) is 0 Å². The van der Waals surface area contributed by atoms with Gasteiger partial charge in [0.05, 0.1) is 13.2 Å². The lowest BCUT2D eigenvalue weighted by molar-refractivity contribution is 0.179. The molecule has 0 saturated heterocycles. The van der Waals surface area contributed by atoms with E-state index in [9.17, 15) is 4.39 Å². The zero-order valence-electron chi connectivity index (χ0n) is 13.8. The number of guanidine groups is 1. The summed E-state index contributed by atoms with van der Waals surface area (Å²) in [5, 5.41) is 3.05. The third-order valence-electron chi connectivity index (χ3n) is 3.22. The van der Waals surface area contributed by atoms with Gasteiger partial charge in [-0.15, -0.1) is 0 Å². The number of hydrogen-bond acceptors (Lipinski definition) is 3. The van der Waals surface area contributed by atoms with E-state index >= 15 is 0 Å². The van der Waals surface area contributed by atoms with Crippen LogP contribution in [0.4, 0.5) is 4.39 Å². The Balaban J connectivity index is 1.88. The second-order valence-electron chi connectivity index (χ2n) is 5.40. The molecule has 0 aliphatic carbocycles. The molecule has 6 heteroatoms. The molecule has 0 amide bonds. The van der Waals surface area contributed by atoms with Gasteiger partial charge in [0.15, 0.2) is 5.96 Å². The van der Waals surface area contributed by atoms with E-state index in [1.165, 1.54) is 12.1 Å². The number of methoxy groups -OCH3 is 1. The lowest BCUT2D eigenvalue weighted by Gasteiger charge is -2.13. The number of ether oxygens (including phenoxy) is 2. The monoisotopic (exact) mass is 331 g/mol. The molecule has 2 rings (SSSR count). The number of nitrogens with one attached hydrogen (secondary N) is 1. The first-order chi connectivity index (χ1) is 11.6. The predicted molar refractivity (Wildman–Crippen MR) is 92.7 cm³/mol. The van der Waals surface area contributed by atoms with E-state index in [0.29, 0.717) is 30.6 Å². The second kappa shape index (κ2) is 8.88. The molecule has 0 saturated carbocycles. The summed E-state index contributed by atoms with van der Waals surface area (Å²) in [5.41, 5.74) is 6.83. The second-order valence-corrected chi connectivity index (χ2v) is 5.40.